The second kappa shape index (κ2) is 6.67. The molecule has 0 spiro atoms. The van der Waals surface area contributed by atoms with Crippen molar-refractivity contribution in [3.05, 3.63) is 0 Å². The Labute approximate surface area is 107 Å². The number of carbonyl (C=O) groups is 2. The Hall–Kier alpha value is -0.990. The zero-order valence-corrected chi connectivity index (χ0v) is 11.3. The largest absolute Gasteiger partial charge is 0.331 e. The molecule has 0 radical (unpaired) electrons. The lowest BCUT2D eigenvalue weighted by molar-refractivity contribution is -0.126. The molecule has 0 aliphatic carbocycles. The lowest BCUT2D eigenvalue weighted by atomic mass is 10.4. The highest BCUT2D eigenvalue weighted by atomic mass is 32.2. The Bertz CT molecular complexity index is 357. The van der Waals surface area contributed by atoms with Crippen LogP contribution in [-0.4, -0.2) is 59.8 Å². The van der Waals surface area contributed by atoms with Crippen molar-refractivity contribution in [1.82, 2.24) is 9.80 Å². The second-order valence-corrected chi connectivity index (χ2v) is 5.62. The maximum absolute atomic E-state index is 11.8. The lowest BCUT2D eigenvalue weighted by Gasteiger charge is -2.12. The van der Waals surface area contributed by atoms with Crippen LogP contribution >= 0.6 is 11.8 Å². The van der Waals surface area contributed by atoms with Gasteiger partial charge in [-0.3, -0.25) is 14.5 Å². The molecule has 0 saturated carbocycles. The van der Waals surface area contributed by atoms with Crippen molar-refractivity contribution in [3.63, 3.8) is 0 Å². The number of likely N-dealkylation sites (tertiary alicyclic amines) is 1. The van der Waals surface area contributed by atoms with Crippen molar-refractivity contribution in [2.75, 3.05) is 33.7 Å². The minimum atomic E-state index is -0.192. The third-order valence-corrected chi connectivity index (χ3v) is 3.40. The zero-order chi connectivity index (χ0) is 12.8. The molecule has 0 bridgehead atoms. The van der Waals surface area contributed by atoms with Gasteiger partial charge in [0.25, 0.3) is 0 Å². The van der Waals surface area contributed by atoms with Gasteiger partial charge in [0, 0.05) is 13.5 Å². The van der Waals surface area contributed by atoms with Crippen molar-refractivity contribution in [1.29, 1.82) is 0 Å². The van der Waals surface area contributed by atoms with Gasteiger partial charge in [0.15, 0.2) is 5.12 Å². The summed E-state index contributed by atoms with van der Waals surface area (Å²) in [5.41, 5.74) is 0. The number of rotatable bonds is 3. The van der Waals surface area contributed by atoms with Crippen LogP contribution in [0, 0.1) is 11.8 Å². The summed E-state index contributed by atoms with van der Waals surface area (Å²) in [6.45, 7) is 3.38. The first-order valence-corrected chi connectivity index (χ1v) is 6.45. The monoisotopic (exact) mass is 254 g/mol. The number of hydrogen-bond acceptors (Lipinski definition) is 4. The normalized spacial score (nSPS) is 19.4. The van der Waals surface area contributed by atoms with Gasteiger partial charge < -0.3 is 4.90 Å². The summed E-state index contributed by atoms with van der Waals surface area (Å²) >= 11 is 1.13. The molecule has 1 rings (SSSR count). The van der Waals surface area contributed by atoms with Crippen molar-refractivity contribution < 1.29 is 9.59 Å². The highest BCUT2D eigenvalue weighted by Crippen LogP contribution is 2.23. The van der Waals surface area contributed by atoms with Crippen LogP contribution < -0.4 is 0 Å². The van der Waals surface area contributed by atoms with Gasteiger partial charge in [0.2, 0.25) is 5.91 Å². The van der Waals surface area contributed by atoms with E-state index in [9.17, 15) is 9.59 Å². The van der Waals surface area contributed by atoms with E-state index in [0.717, 1.165) is 18.2 Å². The quantitative estimate of drug-likeness (QED) is 0.685. The van der Waals surface area contributed by atoms with Gasteiger partial charge in [-0.1, -0.05) is 23.6 Å². The Kier molecular flexibility index (Phi) is 5.52. The molecule has 1 amide bonds. The van der Waals surface area contributed by atoms with Crippen LogP contribution in [0.5, 0.6) is 0 Å². The predicted molar refractivity (Wildman–Crippen MR) is 69.6 cm³/mol. The molecule has 0 aromatic carbocycles. The first-order chi connectivity index (χ1) is 8.00. The number of nitrogens with zero attached hydrogens (tertiary/aromatic N) is 2. The molecule has 1 aliphatic heterocycles. The van der Waals surface area contributed by atoms with E-state index in [4.69, 9.17) is 0 Å². The summed E-state index contributed by atoms with van der Waals surface area (Å²) in [5, 5.41) is -0.188. The molecule has 0 N–H and O–H groups in total. The van der Waals surface area contributed by atoms with E-state index in [1.54, 1.807) is 4.90 Å². The van der Waals surface area contributed by atoms with Crippen molar-refractivity contribution >= 4 is 22.8 Å². The van der Waals surface area contributed by atoms with E-state index in [1.165, 1.54) is 6.92 Å². The summed E-state index contributed by atoms with van der Waals surface area (Å²) in [6, 6.07) is 0. The van der Waals surface area contributed by atoms with Crippen LogP contribution in [0.2, 0.25) is 0 Å². The number of amides is 1. The van der Waals surface area contributed by atoms with Crippen LogP contribution in [-0.2, 0) is 9.59 Å². The van der Waals surface area contributed by atoms with Gasteiger partial charge in [-0.05, 0) is 20.5 Å². The van der Waals surface area contributed by atoms with Crippen LogP contribution in [0.15, 0.2) is 0 Å². The third kappa shape index (κ3) is 4.80. The first-order valence-electron chi connectivity index (χ1n) is 5.57. The summed E-state index contributed by atoms with van der Waals surface area (Å²) in [5.74, 6) is 6.02. The SMILES string of the molecule is CC(=O)S[C@H]1CCN(CC#CCN(C)C)C1=O. The van der Waals surface area contributed by atoms with Crippen LogP contribution in [0.3, 0.4) is 0 Å². The van der Waals surface area contributed by atoms with Crippen molar-refractivity contribution in [3.8, 4) is 11.8 Å². The predicted octanol–water partition coefficient (Wildman–Crippen LogP) is 0.432. The Morgan fingerprint density at radius 2 is 2.24 bits per heavy atom. The molecular formula is C12H18N2O2S. The first kappa shape index (κ1) is 14.1. The fraction of sp³-hybridized carbons (Fsp3) is 0.667. The molecule has 1 atom stereocenters. The van der Waals surface area contributed by atoms with Crippen LogP contribution in [0.1, 0.15) is 13.3 Å². The molecule has 0 aromatic heterocycles. The number of carbonyl (C=O) groups excluding carboxylic acids is 2. The maximum Gasteiger partial charge on any atom is 0.237 e. The molecule has 0 aromatic rings. The molecule has 1 fully saturated rings. The molecule has 5 heteroatoms. The molecule has 1 heterocycles. The van der Waals surface area contributed by atoms with E-state index >= 15 is 0 Å². The van der Waals surface area contributed by atoms with Crippen molar-refractivity contribution in [2.24, 2.45) is 0 Å². The maximum atomic E-state index is 11.8. The lowest BCUT2D eigenvalue weighted by Crippen LogP contribution is -2.29. The minimum absolute atomic E-state index is 0.00360. The molecule has 4 nitrogen and oxygen atoms in total. The van der Waals surface area contributed by atoms with E-state index in [-0.39, 0.29) is 16.3 Å². The van der Waals surface area contributed by atoms with Crippen LogP contribution in [0.4, 0.5) is 0 Å². The summed E-state index contributed by atoms with van der Waals surface area (Å²) < 4.78 is 0. The summed E-state index contributed by atoms with van der Waals surface area (Å²) in [6.07, 6.45) is 0.748. The standard InChI is InChI=1S/C12H18N2O2S/c1-10(15)17-11-6-9-14(12(11)16)8-5-4-7-13(2)3/h11H,6-9H2,1-3H3/t11-/m0/s1. The average molecular weight is 254 g/mol. The molecule has 1 aliphatic rings. The highest BCUT2D eigenvalue weighted by molar-refractivity contribution is 8.14. The van der Waals surface area contributed by atoms with Gasteiger partial charge in [0.05, 0.1) is 18.3 Å². The van der Waals surface area contributed by atoms with Gasteiger partial charge in [-0.25, -0.2) is 0 Å². The second-order valence-electron chi connectivity index (χ2n) is 4.24. The highest BCUT2D eigenvalue weighted by Gasteiger charge is 2.32. The molecule has 94 valence electrons. The topological polar surface area (TPSA) is 40.6 Å². The third-order valence-electron chi connectivity index (χ3n) is 2.35. The molecule has 0 unspecified atom stereocenters. The molecule has 1 saturated heterocycles. The van der Waals surface area contributed by atoms with E-state index in [2.05, 4.69) is 11.8 Å². The Morgan fingerprint density at radius 1 is 1.53 bits per heavy atom. The van der Waals surface area contributed by atoms with Gasteiger partial charge in [-0.2, -0.15) is 0 Å². The zero-order valence-electron chi connectivity index (χ0n) is 10.5. The van der Waals surface area contributed by atoms with E-state index in [1.807, 2.05) is 19.0 Å². The van der Waals surface area contributed by atoms with E-state index in [0.29, 0.717) is 19.6 Å². The number of thioether (sulfide) groups is 1. The summed E-state index contributed by atoms with van der Waals surface area (Å²) in [7, 11) is 3.91. The van der Waals surface area contributed by atoms with Gasteiger partial charge >= 0.3 is 0 Å². The average Bonchev–Trinajstić information content (AvgIpc) is 2.55. The summed E-state index contributed by atoms with van der Waals surface area (Å²) in [4.78, 5) is 26.5. The fourth-order valence-electron chi connectivity index (χ4n) is 1.54. The van der Waals surface area contributed by atoms with Crippen molar-refractivity contribution in [2.45, 2.75) is 18.6 Å². The molecular weight excluding hydrogens is 236 g/mol. The minimum Gasteiger partial charge on any atom is -0.331 e. The Balaban J connectivity index is 2.39. The van der Waals surface area contributed by atoms with Crippen LogP contribution in [0.25, 0.3) is 0 Å². The van der Waals surface area contributed by atoms with Gasteiger partial charge in [0.1, 0.15) is 0 Å². The molecule has 17 heavy (non-hydrogen) atoms. The number of hydrogen-bond donors (Lipinski definition) is 0. The Morgan fingerprint density at radius 3 is 2.82 bits per heavy atom. The van der Waals surface area contributed by atoms with Gasteiger partial charge in [-0.15, -0.1) is 0 Å². The smallest absolute Gasteiger partial charge is 0.237 e. The fourth-order valence-corrected chi connectivity index (χ4v) is 2.42. The van der Waals surface area contributed by atoms with E-state index < -0.39 is 0 Å².